The third kappa shape index (κ3) is 3.80. The number of nitrogens with one attached hydrogen (secondary N) is 1. The van der Waals surface area contributed by atoms with Crippen LogP contribution in [0.2, 0.25) is 0 Å². The SMILES string of the molecule is CCCCOc1ccc([C@H]2CC(=O)Nc3c(-c4ccc(F)cc4)csc32)cc1. The molecule has 2 heterocycles. The van der Waals surface area contributed by atoms with Gasteiger partial charge in [-0.15, -0.1) is 11.3 Å². The van der Waals surface area contributed by atoms with Gasteiger partial charge in [-0.3, -0.25) is 4.79 Å². The van der Waals surface area contributed by atoms with Gasteiger partial charge in [-0.1, -0.05) is 37.6 Å². The lowest BCUT2D eigenvalue weighted by atomic mass is 9.89. The molecule has 3 aromatic rings. The van der Waals surface area contributed by atoms with E-state index in [1.165, 1.54) is 12.1 Å². The van der Waals surface area contributed by atoms with E-state index >= 15 is 0 Å². The summed E-state index contributed by atoms with van der Waals surface area (Å²) in [5.41, 5.74) is 3.80. The third-order valence-corrected chi connectivity index (χ3v) is 6.09. The molecule has 0 fully saturated rings. The minimum absolute atomic E-state index is 0.00235. The molecule has 144 valence electrons. The zero-order valence-corrected chi connectivity index (χ0v) is 16.5. The van der Waals surface area contributed by atoms with Gasteiger partial charge in [0.1, 0.15) is 11.6 Å². The average Bonchev–Trinajstić information content (AvgIpc) is 3.12. The number of fused-ring (bicyclic) bond motifs is 1. The monoisotopic (exact) mass is 395 g/mol. The van der Waals surface area contributed by atoms with E-state index in [9.17, 15) is 9.18 Å². The van der Waals surface area contributed by atoms with Crippen molar-refractivity contribution in [1.82, 2.24) is 0 Å². The average molecular weight is 395 g/mol. The molecule has 0 unspecified atom stereocenters. The Morgan fingerprint density at radius 3 is 2.61 bits per heavy atom. The molecule has 1 amide bonds. The maximum absolute atomic E-state index is 13.3. The van der Waals surface area contributed by atoms with Crippen LogP contribution >= 0.6 is 11.3 Å². The third-order valence-electron chi connectivity index (χ3n) is 4.99. The number of unbranched alkanes of at least 4 members (excludes halogenated alkanes) is 1. The van der Waals surface area contributed by atoms with Crippen molar-refractivity contribution in [3.63, 3.8) is 0 Å². The van der Waals surface area contributed by atoms with Crippen LogP contribution in [0, 0.1) is 5.82 Å². The van der Waals surface area contributed by atoms with Crippen molar-refractivity contribution < 1.29 is 13.9 Å². The van der Waals surface area contributed by atoms with Crippen molar-refractivity contribution in [3.05, 3.63) is 70.2 Å². The van der Waals surface area contributed by atoms with Crippen LogP contribution in [0.5, 0.6) is 5.75 Å². The van der Waals surface area contributed by atoms with Crippen LogP contribution < -0.4 is 10.1 Å². The zero-order valence-electron chi connectivity index (χ0n) is 15.7. The number of hydrogen-bond acceptors (Lipinski definition) is 3. The van der Waals surface area contributed by atoms with Gasteiger partial charge >= 0.3 is 0 Å². The lowest BCUT2D eigenvalue weighted by molar-refractivity contribution is -0.116. The fourth-order valence-electron chi connectivity index (χ4n) is 3.47. The normalized spacial score (nSPS) is 15.8. The Morgan fingerprint density at radius 2 is 1.89 bits per heavy atom. The predicted octanol–water partition coefficient (Wildman–Crippen LogP) is 6.21. The first kappa shape index (κ1) is 18.7. The Morgan fingerprint density at radius 1 is 1.14 bits per heavy atom. The number of rotatable bonds is 6. The highest BCUT2D eigenvalue weighted by molar-refractivity contribution is 7.11. The number of ether oxygens (including phenoxy) is 1. The molecule has 0 spiro atoms. The summed E-state index contributed by atoms with van der Waals surface area (Å²) in [5.74, 6) is 0.613. The molecule has 0 saturated carbocycles. The Kier molecular flexibility index (Phi) is 5.44. The molecule has 0 aliphatic carbocycles. The van der Waals surface area contributed by atoms with Crippen molar-refractivity contribution in [2.24, 2.45) is 0 Å². The van der Waals surface area contributed by atoms with Gasteiger partial charge in [0, 0.05) is 28.2 Å². The Labute approximate surface area is 168 Å². The largest absolute Gasteiger partial charge is 0.494 e. The van der Waals surface area contributed by atoms with E-state index in [-0.39, 0.29) is 17.6 Å². The summed E-state index contributed by atoms with van der Waals surface area (Å²) >= 11 is 1.64. The van der Waals surface area contributed by atoms with E-state index in [0.717, 1.165) is 52.5 Å². The molecule has 1 aliphatic heterocycles. The van der Waals surface area contributed by atoms with Crippen LogP contribution in [0.4, 0.5) is 10.1 Å². The minimum atomic E-state index is -0.268. The molecule has 5 heteroatoms. The maximum atomic E-state index is 13.3. The second-order valence-corrected chi connectivity index (χ2v) is 7.88. The van der Waals surface area contributed by atoms with Crippen LogP contribution in [-0.2, 0) is 4.79 Å². The molecular weight excluding hydrogens is 373 g/mol. The summed E-state index contributed by atoms with van der Waals surface area (Å²) in [7, 11) is 0. The number of carbonyl (C=O) groups excluding carboxylic acids is 1. The van der Waals surface area contributed by atoms with Crippen LogP contribution in [0.1, 0.15) is 42.5 Å². The number of hydrogen-bond donors (Lipinski definition) is 1. The first-order chi connectivity index (χ1) is 13.7. The molecule has 0 saturated heterocycles. The Balaban J connectivity index is 1.62. The van der Waals surface area contributed by atoms with Gasteiger partial charge in [-0.25, -0.2) is 4.39 Å². The molecular formula is C23H22FNO2S. The number of thiophene rings is 1. The maximum Gasteiger partial charge on any atom is 0.225 e. The zero-order chi connectivity index (χ0) is 19.5. The molecule has 0 radical (unpaired) electrons. The van der Waals surface area contributed by atoms with E-state index in [0.29, 0.717) is 6.42 Å². The summed E-state index contributed by atoms with van der Waals surface area (Å²) in [6.45, 7) is 2.86. The topological polar surface area (TPSA) is 38.3 Å². The number of halogens is 1. The summed E-state index contributed by atoms with van der Waals surface area (Å²) < 4.78 is 19.0. The van der Waals surface area contributed by atoms with Gasteiger partial charge in [-0.05, 0) is 41.8 Å². The van der Waals surface area contributed by atoms with Crippen molar-refractivity contribution in [2.75, 3.05) is 11.9 Å². The lowest BCUT2D eigenvalue weighted by Crippen LogP contribution is -2.22. The molecule has 1 N–H and O–H groups in total. The Hall–Kier alpha value is -2.66. The molecule has 3 nitrogen and oxygen atoms in total. The number of benzene rings is 2. The van der Waals surface area contributed by atoms with E-state index < -0.39 is 0 Å². The van der Waals surface area contributed by atoms with Gasteiger partial charge in [-0.2, -0.15) is 0 Å². The smallest absolute Gasteiger partial charge is 0.225 e. The number of anilines is 1. The Bertz CT molecular complexity index is 963. The fraction of sp³-hybridized carbons (Fsp3) is 0.261. The van der Waals surface area contributed by atoms with Crippen LogP contribution in [0.3, 0.4) is 0 Å². The minimum Gasteiger partial charge on any atom is -0.494 e. The summed E-state index contributed by atoms with van der Waals surface area (Å²) in [6, 6.07) is 14.4. The first-order valence-electron chi connectivity index (χ1n) is 9.55. The molecule has 1 aromatic heterocycles. The van der Waals surface area contributed by atoms with E-state index in [1.54, 1.807) is 23.5 Å². The quantitative estimate of drug-likeness (QED) is 0.504. The highest BCUT2D eigenvalue weighted by Gasteiger charge is 2.30. The highest BCUT2D eigenvalue weighted by atomic mass is 32.1. The van der Waals surface area contributed by atoms with Gasteiger partial charge in [0.05, 0.1) is 12.3 Å². The molecule has 2 aromatic carbocycles. The number of amides is 1. The molecule has 4 rings (SSSR count). The van der Waals surface area contributed by atoms with E-state index in [4.69, 9.17) is 4.74 Å². The summed E-state index contributed by atoms with van der Waals surface area (Å²) in [4.78, 5) is 13.5. The highest BCUT2D eigenvalue weighted by Crippen LogP contribution is 2.46. The molecule has 1 aliphatic rings. The second kappa shape index (κ2) is 8.15. The van der Waals surface area contributed by atoms with Crippen LogP contribution in [0.15, 0.2) is 53.9 Å². The van der Waals surface area contributed by atoms with Gasteiger partial charge in [0.15, 0.2) is 0 Å². The van der Waals surface area contributed by atoms with Crippen LogP contribution in [0.25, 0.3) is 11.1 Å². The standard InChI is InChI=1S/C23H22FNO2S/c1-2-3-12-27-18-10-6-15(7-11-18)19-13-21(26)25-22-20(14-28-23(19)22)16-4-8-17(24)9-5-16/h4-11,14,19H,2-3,12-13H2,1H3,(H,25,26)/t19-/m1/s1. The van der Waals surface area contributed by atoms with Crippen molar-refractivity contribution in [2.45, 2.75) is 32.1 Å². The molecule has 0 bridgehead atoms. The summed E-state index contributed by atoms with van der Waals surface area (Å²) in [5, 5.41) is 5.06. The van der Waals surface area contributed by atoms with Gasteiger partial charge < -0.3 is 10.1 Å². The second-order valence-electron chi connectivity index (χ2n) is 6.97. The molecule has 1 atom stereocenters. The summed E-state index contributed by atoms with van der Waals surface area (Å²) in [6.07, 6.45) is 2.56. The van der Waals surface area contributed by atoms with Crippen molar-refractivity contribution >= 4 is 22.9 Å². The number of carbonyl (C=O) groups is 1. The van der Waals surface area contributed by atoms with Gasteiger partial charge in [0.25, 0.3) is 0 Å². The van der Waals surface area contributed by atoms with Gasteiger partial charge in [0.2, 0.25) is 5.91 Å². The molecule has 28 heavy (non-hydrogen) atoms. The lowest BCUT2D eigenvalue weighted by Gasteiger charge is -2.24. The van der Waals surface area contributed by atoms with Crippen LogP contribution in [-0.4, -0.2) is 12.5 Å². The van der Waals surface area contributed by atoms with E-state index in [2.05, 4.69) is 12.2 Å². The van der Waals surface area contributed by atoms with Crippen molar-refractivity contribution in [3.8, 4) is 16.9 Å². The first-order valence-corrected chi connectivity index (χ1v) is 10.4. The predicted molar refractivity (Wildman–Crippen MR) is 112 cm³/mol. The van der Waals surface area contributed by atoms with E-state index in [1.807, 2.05) is 29.6 Å². The fourth-order valence-corrected chi connectivity index (χ4v) is 4.63. The van der Waals surface area contributed by atoms with Crippen molar-refractivity contribution in [1.29, 1.82) is 0 Å².